The maximum Gasteiger partial charge on any atom is 0.306 e. The first kappa shape index (κ1) is 8.37. The predicted octanol–water partition coefficient (Wildman–Crippen LogP) is 2.17. The van der Waals surface area contributed by atoms with E-state index in [1.807, 2.05) is 0 Å². The molecule has 0 spiro atoms. The van der Waals surface area contributed by atoms with Gasteiger partial charge in [-0.15, -0.1) is 0 Å². The zero-order chi connectivity index (χ0) is 10.2. The van der Waals surface area contributed by atoms with Crippen LogP contribution in [0.4, 0.5) is 0 Å². The number of aliphatic carboxylic acids is 1. The van der Waals surface area contributed by atoms with E-state index in [-0.39, 0.29) is 5.92 Å². The lowest BCUT2D eigenvalue weighted by molar-refractivity contribution is -0.144. The van der Waals surface area contributed by atoms with E-state index in [1.54, 1.807) is 0 Å². The highest BCUT2D eigenvalue weighted by Gasteiger charge is 2.62. The Morgan fingerprint density at radius 3 is 2.53 bits per heavy atom. The quantitative estimate of drug-likeness (QED) is 0.525. The zero-order valence-electron chi connectivity index (χ0n) is 8.67. The molecule has 3 saturated carbocycles. The second kappa shape index (κ2) is 2.47. The number of carboxylic acids is 1. The summed E-state index contributed by atoms with van der Waals surface area (Å²) in [4.78, 5) is 11.2. The lowest BCUT2D eigenvalue weighted by Crippen LogP contribution is -2.34. The second-order valence-corrected chi connectivity index (χ2v) is 5.94. The molecule has 0 heterocycles. The molecule has 0 aromatic rings. The lowest BCUT2D eigenvalue weighted by Gasteiger charge is -2.34. The molecular formula is C13H16O2. The van der Waals surface area contributed by atoms with Gasteiger partial charge in [0.05, 0.1) is 5.92 Å². The number of rotatable bonds is 1. The van der Waals surface area contributed by atoms with Crippen molar-refractivity contribution in [3.63, 3.8) is 0 Å². The smallest absolute Gasteiger partial charge is 0.306 e. The Hall–Kier alpha value is -0.790. The van der Waals surface area contributed by atoms with Gasteiger partial charge in [0.2, 0.25) is 0 Å². The van der Waals surface area contributed by atoms with E-state index in [0.29, 0.717) is 5.92 Å². The highest BCUT2D eigenvalue weighted by atomic mass is 16.4. The average molecular weight is 204 g/mol. The fourth-order valence-corrected chi connectivity index (χ4v) is 5.30. The molecule has 0 aromatic heterocycles. The molecule has 0 radical (unpaired) electrons. The van der Waals surface area contributed by atoms with Crippen LogP contribution in [0, 0.1) is 41.4 Å². The van der Waals surface area contributed by atoms with E-state index in [4.69, 9.17) is 0 Å². The van der Waals surface area contributed by atoms with E-state index in [2.05, 4.69) is 12.2 Å². The molecular weight excluding hydrogens is 188 g/mol. The summed E-state index contributed by atoms with van der Waals surface area (Å²) in [6.45, 7) is 0. The predicted molar refractivity (Wildman–Crippen MR) is 55.1 cm³/mol. The SMILES string of the molecule is O=C(O)C1CC2CC1C1C3C=CC(C3)C21. The van der Waals surface area contributed by atoms with Crippen LogP contribution >= 0.6 is 0 Å². The zero-order valence-corrected chi connectivity index (χ0v) is 8.67. The molecule has 0 amide bonds. The van der Waals surface area contributed by atoms with E-state index in [9.17, 15) is 9.90 Å². The number of carbonyl (C=O) groups is 1. The monoisotopic (exact) mass is 204 g/mol. The number of allylic oxidation sites excluding steroid dienone is 2. The molecule has 2 nitrogen and oxygen atoms in total. The summed E-state index contributed by atoms with van der Waals surface area (Å²) in [6.07, 6.45) is 8.28. The normalized spacial score (nSPS) is 58.8. The van der Waals surface area contributed by atoms with Crippen molar-refractivity contribution in [1.29, 1.82) is 0 Å². The first-order valence-electron chi connectivity index (χ1n) is 6.17. The third kappa shape index (κ3) is 0.849. The highest BCUT2D eigenvalue weighted by molar-refractivity contribution is 5.71. The maximum absolute atomic E-state index is 11.2. The molecule has 1 N–H and O–H groups in total. The number of fused-ring (bicyclic) bond motifs is 9. The van der Waals surface area contributed by atoms with Crippen molar-refractivity contribution in [2.75, 3.05) is 0 Å². The van der Waals surface area contributed by atoms with Crippen LogP contribution in [0.2, 0.25) is 0 Å². The number of hydrogen-bond acceptors (Lipinski definition) is 1. The van der Waals surface area contributed by atoms with Crippen LogP contribution in [0.15, 0.2) is 12.2 Å². The summed E-state index contributed by atoms with van der Waals surface area (Å²) < 4.78 is 0. The Morgan fingerprint density at radius 1 is 1.07 bits per heavy atom. The van der Waals surface area contributed by atoms with Crippen molar-refractivity contribution in [3.8, 4) is 0 Å². The highest BCUT2D eigenvalue weighted by Crippen LogP contribution is 2.66. The van der Waals surface area contributed by atoms with Crippen LogP contribution in [-0.4, -0.2) is 11.1 Å². The van der Waals surface area contributed by atoms with Gasteiger partial charge in [-0.25, -0.2) is 0 Å². The van der Waals surface area contributed by atoms with Gasteiger partial charge in [0.1, 0.15) is 0 Å². The molecule has 4 rings (SSSR count). The molecule has 3 fully saturated rings. The third-order valence-electron chi connectivity index (χ3n) is 5.59. The van der Waals surface area contributed by atoms with Crippen molar-refractivity contribution >= 4 is 5.97 Å². The topological polar surface area (TPSA) is 37.3 Å². The molecule has 4 aliphatic rings. The van der Waals surface area contributed by atoms with E-state index in [0.717, 1.165) is 36.0 Å². The minimum Gasteiger partial charge on any atom is -0.481 e. The molecule has 0 aliphatic heterocycles. The van der Waals surface area contributed by atoms with Crippen LogP contribution in [-0.2, 0) is 4.79 Å². The van der Waals surface area contributed by atoms with E-state index >= 15 is 0 Å². The maximum atomic E-state index is 11.2. The van der Waals surface area contributed by atoms with Crippen molar-refractivity contribution in [2.24, 2.45) is 41.4 Å². The summed E-state index contributed by atoms with van der Waals surface area (Å²) in [5.74, 6) is 3.84. The van der Waals surface area contributed by atoms with Gasteiger partial charge in [0, 0.05) is 0 Å². The molecule has 7 atom stereocenters. The van der Waals surface area contributed by atoms with E-state index in [1.165, 1.54) is 12.8 Å². The fourth-order valence-electron chi connectivity index (χ4n) is 5.30. The molecule has 0 aromatic carbocycles. The molecule has 2 heteroatoms. The van der Waals surface area contributed by atoms with Crippen LogP contribution < -0.4 is 0 Å². The minimum absolute atomic E-state index is 0.0102. The van der Waals surface area contributed by atoms with Gasteiger partial charge in [-0.1, -0.05) is 12.2 Å². The lowest BCUT2D eigenvalue weighted by atomic mass is 9.69. The molecule has 7 unspecified atom stereocenters. The summed E-state index contributed by atoms with van der Waals surface area (Å²) in [5, 5.41) is 9.21. The molecule has 4 aliphatic carbocycles. The largest absolute Gasteiger partial charge is 0.481 e. The summed E-state index contributed by atoms with van der Waals surface area (Å²) >= 11 is 0. The first-order valence-corrected chi connectivity index (χ1v) is 6.17. The Labute approximate surface area is 89.4 Å². The summed E-state index contributed by atoms with van der Waals surface area (Å²) in [6, 6.07) is 0. The molecule has 80 valence electrons. The van der Waals surface area contributed by atoms with Crippen molar-refractivity contribution in [2.45, 2.75) is 19.3 Å². The van der Waals surface area contributed by atoms with Gasteiger partial charge in [-0.05, 0) is 54.8 Å². The first-order chi connectivity index (χ1) is 7.25. The fraction of sp³-hybridized carbons (Fsp3) is 0.769. The van der Waals surface area contributed by atoms with Gasteiger partial charge in [-0.2, -0.15) is 0 Å². The van der Waals surface area contributed by atoms with Gasteiger partial charge in [0.25, 0.3) is 0 Å². The molecule has 15 heavy (non-hydrogen) atoms. The minimum atomic E-state index is -0.535. The number of carboxylic acid groups (broad SMARTS) is 1. The van der Waals surface area contributed by atoms with Gasteiger partial charge in [0.15, 0.2) is 0 Å². The van der Waals surface area contributed by atoms with Crippen molar-refractivity contribution in [1.82, 2.24) is 0 Å². The van der Waals surface area contributed by atoms with Gasteiger partial charge >= 0.3 is 5.97 Å². The Morgan fingerprint density at radius 2 is 1.80 bits per heavy atom. The van der Waals surface area contributed by atoms with Crippen LogP contribution in [0.1, 0.15) is 19.3 Å². The van der Waals surface area contributed by atoms with Gasteiger partial charge in [-0.3, -0.25) is 4.79 Å². The third-order valence-corrected chi connectivity index (χ3v) is 5.59. The molecule has 0 saturated heterocycles. The van der Waals surface area contributed by atoms with E-state index < -0.39 is 5.97 Å². The van der Waals surface area contributed by atoms with Crippen molar-refractivity contribution < 1.29 is 9.90 Å². The molecule has 4 bridgehead atoms. The van der Waals surface area contributed by atoms with Crippen LogP contribution in [0.5, 0.6) is 0 Å². The Bertz CT molecular complexity index is 360. The Balaban J connectivity index is 1.71. The van der Waals surface area contributed by atoms with Crippen LogP contribution in [0.3, 0.4) is 0 Å². The standard InChI is InChI=1S/C13H16O2/c14-13(15)10-5-8-4-9(10)12-7-2-1-6(3-7)11(8)12/h1-2,6-12H,3-5H2,(H,14,15). The summed E-state index contributed by atoms with van der Waals surface area (Å²) in [5.41, 5.74) is 0. The second-order valence-electron chi connectivity index (χ2n) is 5.94. The van der Waals surface area contributed by atoms with Crippen LogP contribution in [0.25, 0.3) is 0 Å². The number of hydrogen-bond donors (Lipinski definition) is 1. The summed E-state index contributed by atoms with van der Waals surface area (Å²) in [7, 11) is 0. The van der Waals surface area contributed by atoms with Gasteiger partial charge < -0.3 is 5.11 Å². The van der Waals surface area contributed by atoms with Crippen molar-refractivity contribution in [3.05, 3.63) is 12.2 Å². The average Bonchev–Trinajstić information content (AvgIpc) is 2.95. The Kier molecular flexibility index (Phi) is 1.38.